The molecule has 0 bridgehead atoms. The number of carboxylic acids is 1. The van der Waals surface area contributed by atoms with Crippen LogP contribution in [0.3, 0.4) is 0 Å². The Morgan fingerprint density at radius 2 is 1.03 bits per heavy atom. The number of ketones is 1. The van der Waals surface area contributed by atoms with E-state index in [1.54, 1.807) is 20.8 Å². The molecule has 0 aromatic carbocycles. The largest absolute Gasteiger partial charge is 0.481 e. The number of ether oxygens (including phenoxy) is 2. The van der Waals surface area contributed by atoms with Crippen LogP contribution in [0.1, 0.15) is 144 Å². The fourth-order valence-corrected chi connectivity index (χ4v) is 3.94. The minimum atomic E-state index is -0.978. The molecule has 1 atom stereocenters. The topological polar surface area (TPSA) is 107 Å². The maximum Gasteiger partial charge on any atom is 0.309 e. The first-order valence-electron chi connectivity index (χ1n) is 13.9. The second-order valence-corrected chi connectivity index (χ2v) is 11.9. The molecule has 0 aliphatic carbocycles. The van der Waals surface area contributed by atoms with Gasteiger partial charge in [-0.05, 0) is 60.8 Å². The third kappa shape index (κ3) is 22.5. The Labute approximate surface area is 219 Å². The zero-order valence-electron chi connectivity index (χ0n) is 23.8. The monoisotopic (exact) mass is 512 g/mol. The van der Waals surface area contributed by atoms with E-state index < -0.39 is 29.1 Å². The van der Waals surface area contributed by atoms with Gasteiger partial charge in [0.1, 0.15) is 17.0 Å². The molecule has 0 aliphatic rings. The average Bonchev–Trinajstić information content (AvgIpc) is 2.71. The highest BCUT2D eigenvalue weighted by Gasteiger charge is 2.27. The number of Topliss-reactive ketones (excluding diaryl/α,β-unsaturated/α-hetero) is 1. The minimum Gasteiger partial charge on any atom is -0.481 e. The van der Waals surface area contributed by atoms with E-state index in [-0.39, 0.29) is 31.0 Å². The Hall–Kier alpha value is -1.92. The summed E-state index contributed by atoms with van der Waals surface area (Å²) >= 11 is 0. The van der Waals surface area contributed by atoms with Crippen LogP contribution >= 0.6 is 0 Å². The van der Waals surface area contributed by atoms with E-state index in [4.69, 9.17) is 14.6 Å². The summed E-state index contributed by atoms with van der Waals surface area (Å²) in [7, 11) is 0. The molecule has 0 aromatic rings. The maximum absolute atomic E-state index is 12.4. The zero-order valence-corrected chi connectivity index (χ0v) is 23.8. The molecule has 0 unspecified atom stereocenters. The van der Waals surface area contributed by atoms with Crippen molar-refractivity contribution >= 4 is 23.7 Å². The molecule has 210 valence electrons. The van der Waals surface area contributed by atoms with Crippen molar-refractivity contribution in [1.82, 2.24) is 0 Å². The lowest BCUT2D eigenvalue weighted by Gasteiger charge is -2.23. The Morgan fingerprint density at radius 1 is 0.611 bits per heavy atom. The van der Waals surface area contributed by atoms with Gasteiger partial charge >= 0.3 is 17.9 Å². The Morgan fingerprint density at radius 3 is 1.44 bits per heavy atom. The quantitative estimate of drug-likeness (QED) is 0.136. The molecule has 0 rings (SSSR count). The van der Waals surface area contributed by atoms with E-state index in [2.05, 4.69) is 0 Å². The highest BCUT2D eigenvalue weighted by molar-refractivity contribution is 5.84. The third-order valence-electron chi connectivity index (χ3n) is 5.68. The van der Waals surface area contributed by atoms with Gasteiger partial charge in [0, 0.05) is 25.7 Å². The predicted molar refractivity (Wildman–Crippen MR) is 142 cm³/mol. The first-order valence-corrected chi connectivity index (χ1v) is 13.9. The van der Waals surface area contributed by atoms with Crippen molar-refractivity contribution < 1.29 is 33.8 Å². The summed E-state index contributed by atoms with van der Waals surface area (Å²) in [4.78, 5) is 47.3. The second-order valence-electron chi connectivity index (χ2n) is 11.9. The summed E-state index contributed by atoms with van der Waals surface area (Å²) in [5.74, 6) is -2.26. The van der Waals surface area contributed by atoms with Crippen molar-refractivity contribution in [2.24, 2.45) is 5.92 Å². The standard InChI is InChI=1S/C29H52O7/c1-28(2,3)35-26(33)19-17-15-13-11-9-7-8-10-12-14-16-18-24(30)22-23(20-21-25(31)32)27(34)36-29(4,5)6/h23H,7-22H2,1-6H3,(H,31,32)/t23-/m1/s1. The van der Waals surface area contributed by atoms with Gasteiger partial charge in [0.05, 0.1) is 5.92 Å². The van der Waals surface area contributed by atoms with Crippen LogP contribution in [0.25, 0.3) is 0 Å². The van der Waals surface area contributed by atoms with Crippen molar-refractivity contribution in [3.63, 3.8) is 0 Å². The Bertz CT molecular complexity index is 656. The number of esters is 2. The van der Waals surface area contributed by atoms with Crippen LogP contribution in [0.5, 0.6) is 0 Å². The van der Waals surface area contributed by atoms with Crippen molar-refractivity contribution in [3.05, 3.63) is 0 Å². The fraction of sp³-hybridized carbons (Fsp3) is 0.862. The maximum atomic E-state index is 12.4. The Kier molecular flexibility index (Phi) is 17.4. The molecule has 36 heavy (non-hydrogen) atoms. The second kappa shape index (κ2) is 18.3. The number of aliphatic carboxylic acids is 1. The van der Waals surface area contributed by atoms with Gasteiger partial charge in [-0.2, -0.15) is 0 Å². The van der Waals surface area contributed by atoms with E-state index in [1.165, 1.54) is 25.7 Å². The highest BCUT2D eigenvalue weighted by atomic mass is 16.6. The lowest BCUT2D eigenvalue weighted by atomic mass is 9.94. The van der Waals surface area contributed by atoms with Gasteiger partial charge in [-0.25, -0.2) is 0 Å². The number of hydrogen-bond donors (Lipinski definition) is 1. The molecule has 0 heterocycles. The van der Waals surface area contributed by atoms with Crippen LogP contribution in [-0.4, -0.2) is 40.0 Å². The van der Waals surface area contributed by atoms with Gasteiger partial charge in [-0.1, -0.05) is 57.8 Å². The Balaban J connectivity index is 3.82. The average molecular weight is 513 g/mol. The first-order chi connectivity index (χ1) is 16.7. The molecular formula is C29H52O7. The van der Waals surface area contributed by atoms with Crippen molar-refractivity contribution in [2.45, 2.75) is 155 Å². The lowest BCUT2D eigenvalue weighted by molar-refractivity contribution is -0.161. The summed E-state index contributed by atoms with van der Waals surface area (Å²) in [5.41, 5.74) is -1.07. The van der Waals surface area contributed by atoms with Crippen molar-refractivity contribution in [3.8, 4) is 0 Å². The molecular weight excluding hydrogens is 460 g/mol. The number of carbonyl (C=O) groups is 4. The van der Waals surface area contributed by atoms with Crippen molar-refractivity contribution in [1.29, 1.82) is 0 Å². The SMILES string of the molecule is CC(C)(C)OC(=O)CCCCCCCCCCCCCC(=O)C[C@@H](CCC(=O)O)C(=O)OC(C)(C)C. The van der Waals surface area contributed by atoms with E-state index in [0.717, 1.165) is 44.9 Å². The molecule has 0 saturated carbocycles. The van der Waals surface area contributed by atoms with E-state index in [1.807, 2.05) is 20.8 Å². The molecule has 0 amide bonds. The number of unbranched alkanes of at least 4 members (excludes halogenated alkanes) is 10. The number of carboxylic acid groups (broad SMARTS) is 1. The van der Waals surface area contributed by atoms with E-state index >= 15 is 0 Å². The molecule has 0 spiro atoms. The van der Waals surface area contributed by atoms with Crippen LogP contribution in [0, 0.1) is 5.92 Å². The highest BCUT2D eigenvalue weighted by Crippen LogP contribution is 2.20. The zero-order chi connectivity index (χ0) is 27.6. The molecule has 0 radical (unpaired) electrons. The van der Waals surface area contributed by atoms with Gasteiger partial charge in [0.25, 0.3) is 0 Å². The molecule has 1 N–H and O–H groups in total. The van der Waals surface area contributed by atoms with Crippen LogP contribution in [0.15, 0.2) is 0 Å². The summed E-state index contributed by atoms with van der Waals surface area (Å²) in [6.45, 7) is 10.9. The van der Waals surface area contributed by atoms with E-state index in [9.17, 15) is 19.2 Å². The fourth-order valence-electron chi connectivity index (χ4n) is 3.94. The van der Waals surface area contributed by atoms with Gasteiger partial charge in [0.15, 0.2) is 0 Å². The molecule has 7 heteroatoms. The van der Waals surface area contributed by atoms with E-state index in [0.29, 0.717) is 12.8 Å². The summed E-state index contributed by atoms with van der Waals surface area (Å²) in [5, 5.41) is 8.93. The third-order valence-corrected chi connectivity index (χ3v) is 5.68. The number of hydrogen-bond acceptors (Lipinski definition) is 6. The van der Waals surface area contributed by atoms with Gasteiger partial charge in [-0.3, -0.25) is 19.2 Å². The smallest absolute Gasteiger partial charge is 0.309 e. The molecule has 0 aromatic heterocycles. The summed E-state index contributed by atoms with van der Waals surface area (Å²) < 4.78 is 10.7. The first kappa shape index (κ1) is 34.1. The van der Waals surface area contributed by atoms with Gasteiger partial charge < -0.3 is 14.6 Å². The van der Waals surface area contributed by atoms with Crippen LogP contribution in [-0.2, 0) is 28.7 Å². The number of rotatable bonds is 20. The number of carbonyl (C=O) groups excluding carboxylic acids is 3. The minimum absolute atomic E-state index is 0.00270. The van der Waals surface area contributed by atoms with Gasteiger partial charge in [0.2, 0.25) is 0 Å². The molecule has 7 nitrogen and oxygen atoms in total. The van der Waals surface area contributed by atoms with Crippen molar-refractivity contribution in [2.75, 3.05) is 0 Å². The molecule has 0 fully saturated rings. The summed E-state index contributed by atoms with van der Waals surface area (Å²) in [6, 6.07) is 0. The van der Waals surface area contributed by atoms with Crippen LogP contribution in [0.2, 0.25) is 0 Å². The van der Waals surface area contributed by atoms with Crippen LogP contribution in [0.4, 0.5) is 0 Å². The van der Waals surface area contributed by atoms with Crippen LogP contribution < -0.4 is 0 Å². The normalized spacial score (nSPS) is 12.7. The lowest BCUT2D eigenvalue weighted by Crippen LogP contribution is -2.30. The molecule has 0 saturated heterocycles. The van der Waals surface area contributed by atoms with Gasteiger partial charge in [-0.15, -0.1) is 0 Å². The summed E-state index contributed by atoms with van der Waals surface area (Å²) in [6.07, 6.45) is 12.9. The predicted octanol–water partition coefficient (Wildman–Crippen LogP) is 7.18. The molecule has 0 aliphatic heterocycles.